The van der Waals surface area contributed by atoms with Gasteiger partial charge in [0.05, 0.1) is 27.9 Å². The highest BCUT2D eigenvalue weighted by molar-refractivity contribution is 7.23. The molecule has 2 aromatic carbocycles. The highest BCUT2D eigenvalue weighted by Gasteiger charge is 2.28. The van der Waals surface area contributed by atoms with Gasteiger partial charge in [-0.05, 0) is 49.6 Å². The molecule has 0 radical (unpaired) electrons. The van der Waals surface area contributed by atoms with Gasteiger partial charge in [0.2, 0.25) is 0 Å². The van der Waals surface area contributed by atoms with Gasteiger partial charge in [-0.15, -0.1) is 0 Å². The summed E-state index contributed by atoms with van der Waals surface area (Å²) in [6.45, 7) is 3.10. The van der Waals surface area contributed by atoms with Crippen molar-refractivity contribution in [3.8, 4) is 0 Å². The number of halogens is 3. The van der Waals surface area contributed by atoms with Crippen LogP contribution in [0.4, 0.5) is 5.13 Å². The van der Waals surface area contributed by atoms with Crippen molar-refractivity contribution in [1.82, 2.24) is 4.98 Å². The Morgan fingerprint density at radius 2 is 2.00 bits per heavy atom. The lowest BCUT2D eigenvalue weighted by molar-refractivity contribution is 0.0917. The third-order valence-corrected chi connectivity index (χ3v) is 6.66. The van der Waals surface area contributed by atoms with Crippen LogP contribution in [0.15, 0.2) is 30.3 Å². The predicted molar refractivity (Wildman–Crippen MR) is 116 cm³/mol. The van der Waals surface area contributed by atoms with Crippen molar-refractivity contribution in [2.45, 2.75) is 25.9 Å². The van der Waals surface area contributed by atoms with Crippen molar-refractivity contribution in [2.75, 3.05) is 18.1 Å². The van der Waals surface area contributed by atoms with Crippen LogP contribution in [0.1, 0.15) is 28.8 Å². The molecule has 1 unspecified atom stereocenters. The summed E-state index contributed by atoms with van der Waals surface area (Å²) in [5.41, 5.74) is 2.23. The zero-order valence-corrected chi connectivity index (χ0v) is 18.1. The minimum atomic E-state index is -0.215. The van der Waals surface area contributed by atoms with Crippen LogP contribution in [0.2, 0.25) is 15.1 Å². The molecule has 0 aliphatic carbocycles. The first kappa shape index (κ1) is 19.9. The minimum Gasteiger partial charge on any atom is -0.376 e. The van der Waals surface area contributed by atoms with E-state index < -0.39 is 0 Å². The van der Waals surface area contributed by atoms with E-state index in [4.69, 9.17) is 44.5 Å². The second-order valence-electron chi connectivity index (χ2n) is 6.75. The number of anilines is 1. The van der Waals surface area contributed by atoms with E-state index >= 15 is 0 Å². The van der Waals surface area contributed by atoms with E-state index in [9.17, 15) is 4.79 Å². The molecule has 28 heavy (non-hydrogen) atoms. The van der Waals surface area contributed by atoms with E-state index in [0.29, 0.717) is 38.9 Å². The minimum absolute atomic E-state index is 0.0258. The number of hydrogen-bond donors (Lipinski definition) is 0. The Hall–Kier alpha value is -1.37. The summed E-state index contributed by atoms with van der Waals surface area (Å²) in [5.74, 6) is -0.215. The molecule has 4 nitrogen and oxygen atoms in total. The zero-order chi connectivity index (χ0) is 19.8. The van der Waals surface area contributed by atoms with Gasteiger partial charge in [-0.3, -0.25) is 9.69 Å². The molecule has 0 bridgehead atoms. The summed E-state index contributed by atoms with van der Waals surface area (Å²) in [7, 11) is 0. The lowest BCUT2D eigenvalue weighted by atomic mass is 10.1. The Kier molecular flexibility index (Phi) is 5.81. The molecule has 1 atom stereocenters. The van der Waals surface area contributed by atoms with Crippen LogP contribution in [-0.2, 0) is 4.74 Å². The van der Waals surface area contributed by atoms with Gasteiger partial charge in [-0.25, -0.2) is 4.98 Å². The fourth-order valence-electron chi connectivity index (χ4n) is 3.28. The number of ether oxygens (including phenoxy) is 1. The van der Waals surface area contributed by atoms with Crippen LogP contribution >= 0.6 is 46.1 Å². The number of rotatable bonds is 4. The van der Waals surface area contributed by atoms with E-state index in [-0.39, 0.29) is 12.0 Å². The second-order valence-corrected chi connectivity index (χ2v) is 9.00. The predicted octanol–water partition coefficient (Wildman–Crippen LogP) is 6.39. The van der Waals surface area contributed by atoms with Gasteiger partial charge < -0.3 is 4.74 Å². The number of aromatic nitrogens is 1. The Morgan fingerprint density at radius 1 is 1.25 bits per heavy atom. The van der Waals surface area contributed by atoms with Crippen molar-refractivity contribution in [2.24, 2.45) is 0 Å². The second kappa shape index (κ2) is 8.17. The topological polar surface area (TPSA) is 42.4 Å². The van der Waals surface area contributed by atoms with Gasteiger partial charge in [0.25, 0.3) is 5.91 Å². The van der Waals surface area contributed by atoms with Crippen molar-refractivity contribution < 1.29 is 9.53 Å². The average Bonchev–Trinajstić information content (AvgIpc) is 3.31. The van der Waals surface area contributed by atoms with Crippen LogP contribution in [0.25, 0.3) is 10.2 Å². The molecule has 1 fully saturated rings. The highest BCUT2D eigenvalue weighted by atomic mass is 35.5. The lowest BCUT2D eigenvalue weighted by Crippen LogP contribution is -2.37. The number of benzene rings is 2. The SMILES string of the molecule is Cc1ccc(Cl)c2sc(N(CC3CCCO3)C(=O)c3cc(Cl)cc(Cl)c3)nc12. The molecule has 4 rings (SSSR count). The van der Waals surface area contributed by atoms with Crippen LogP contribution in [0.3, 0.4) is 0 Å². The van der Waals surface area contributed by atoms with Crippen LogP contribution < -0.4 is 4.90 Å². The summed E-state index contributed by atoms with van der Waals surface area (Å²) in [6.07, 6.45) is 1.87. The first-order valence-corrected chi connectivity index (χ1v) is 10.8. The number of carbonyl (C=O) groups is 1. The fourth-order valence-corrected chi connectivity index (χ4v) is 5.13. The molecule has 1 amide bonds. The number of hydrogen-bond acceptors (Lipinski definition) is 4. The van der Waals surface area contributed by atoms with E-state index in [1.54, 1.807) is 23.1 Å². The Balaban J connectivity index is 1.78. The maximum Gasteiger partial charge on any atom is 0.260 e. The first-order chi connectivity index (χ1) is 13.4. The molecule has 1 aromatic heterocycles. The number of aryl methyl sites for hydroxylation is 1. The molecular formula is C20H17Cl3N2O2S. The van der Waals surface area contributed by atoms with Gasteiger partial charge in [0.15, 0.2) is 5.13 Å². The molecule has 146 valence electrons. The zero-order valence-electron chi connectivity index (χ0n) is 15.0. The Bertz CT molecular complexity index is 988. The molecule has 0 saturated carbocycles. The normalized spacial score (nSPS) is 16.6. The largest absolute Gasteiger partial charge is 0.376 e. The van der Waals surface area contributed by atoms with Gasteiger partial charge in [-0.1, -0.05) is 52.2 Å². The first-order valence-electron chi connectivity index (χ1n) is 8.87. The number of nitrogens with zero attached hydrogens (tertiary/aromatic N) is 2. The lowest BCUT2D eigenvalue weighted by Gasteiger charge is -2.23. The molecule has 3 aromatic rings. The van der Waals surface area contributed by atoms with Crippen LogP contribution in [-0.4, -0.2) is 30.1 Å². The summed E-state index contributed by atoms with van der Waals surface area (Å²) in [6, 6.07) is 8.61. The van der Waals surface area contributed by atoms with Crippen molar-refractivity contribution in [3.05, 3.63) is 56.5 Å². The molecule has 1 saturated heterocycles. The van der Waals surface area contributed by atoms with Gasteiger partial charge in [-0.2, -0.15) is 0 Å². The number of amides is 1. The molecule has 0 spiro atoms. The molecule has 1 aliphatic rings. The van der Waals surface area contributed by atoms with Crippen LogP contribution in [0.5, 0.6) is 0 Å². The van der Waals surface area contributed by atoms with Crippen molar-refractivity contribution in [1.29, 1.82) is 0 Å². The van der Waals surface area contributed by atoms with Crippen LogP contribution in [0, 0.1) is 6.92 Å². The quantitative estimate of drug-likeness (QED) is 0.458. The maximum absolute atomic E-state index is 13.4. The van der Waals surface area contributed by atoms with Gasteiger partial charge in [0.1, 0.15) is 0 Å². The maximum atomic E-state index is 13.4. The van der Waals surface area contributed by atoms with Gasteiger partial charge in [0, 0.05) is 22.2 Å². The summed E-state index contributed by atoms with van der Waals surface area (Å²) in [5, 5.41) is 2.04. The number of thiazole rings is 1. The fraction of sp³-hybridized carbons (Fsp3) is 0.300. The van der Waals surface area contributed by atoms with E-state index in [1.165, 1.54) is 11.3 Å². The summed E-state index contributed by atoms with van der Waals surface area (Å²) >= 11 is 20.0. The smallest absolute Gasteiger partial charge is 0.260 e. The molecular weight excluding hydrogens is 439 g/mol. The van der Waals surface area contributed by atoms with E-state index in [0.717, 1.165) is 28.6 Å². The molecule has 8 heteroatoms. The third-order valence-electron chi connectivity index (χ3n) is 4.68. The summed E-state index contributed by atoms with van der Waals surface area (Å²) in [4.78, 5) is 19.7. The standard InChI is InChI=1S/C20H17Cl3N2O2S/c1-11-4-5-16(23)18-17(11)24-20(28-18)25(10-15-3-2-6-27-15)19(26)12-7-13(21)9-14(22)8-12/h4-5,7-9,15H,2-3,6,10H2,1H3. The monoisotopic (exact) mass is 454 g/mol. The van der Waals surface area contributed by atoms with E-state index in [2.05, 4.69) is 0 Å². The van der Waals surface area contributed by atoms with Crippen molar-refractivity contribution >= 4 is 67.4 Å². The van der Waals surface area contributed by atoms with Gasteiger partial charge >= 0.3 is 0 Å². The van der Waals surface area contributed by atoms with E-state index in [1.807, 2.05) is 19.1 Å². The average molecular weight is 456 g/mol. The highest BCUT2D eigenvalue weighted by Crippen LogP contribution is 2.37. The van der Waals surface area contributed by atoms with Crippen molar-refractivity contribution in [3.63, 3.8) is 0 Å². The Labute approximate surface area is 182 Å². The third kappa shape index (κ3) is 4.00. The summed E-state index contributed by atoms with van der Waals surface area (Å²) < 4.78 is 6.63. The number of fused-ring (bicyclic) bond motifs is 1. The molecule has 1 aliphatic heterocycles. The molecule has 2 heterocycles. The molecule has 0 N–H and O–H groups in total. The Morgan fingerprint density at radius 3 is 2.64 bits per heavy atom. The number of carbonyl (C=O) groups excluding carboxylic acids is 1.